The third-order valence-corrected chi connectivity index (χ3v) is 14.4. The molecule has 0 spiro atoms. The Hall–Kier alpha value is -3.86. The number of fused-ring (bicyclic) bond motifs is 4. The minimum Gasteiger partial charge on any atom is -0.244 e. The highest BCUT2D eigenvalue weighted by Gasteiger charge is 2.27. The minimum absolute atomic E-state index is 0.0998. The third-order valence-electron chi connectivity index (χ3n) is 11.5. The van der Waals surface area contributed by atoms with Gasteiger partial charge in [0, 0.05) is 26.4 Å². The fourth-order valence-corrected chi connectivity index (χ4v) is 10.6. The van der Waals surface area contributed by atoms with Crippen molar-refractivity contribution in [2.24, 2.45) is 11.8 Å². The number of unbranched alkanes of at least 4 members (excludes halogenated alkanes) is 1. The molecule has 0 saturated heterocycles. The molecule has 1 atom stereocenters. The van der Waals surface area contributed by atoms with Crippen molar-refractivity contribution in [2.75, 3.05) is 0 Å². The molecule has 0 N–H and O–H groups in total. The van der Waals surface area contributed by atoms with Crippen LogP contribution in [0.15, 0.2) is 84.9 Å². The van der Waals surface area contributed by atoms with Gasteiger partial charge in [0.15, 0.2) is 0 Å². The largest absolute Gasteiger partial charge is 0.244 e. The first-order valence-electron chi connectivity index (χ1n) is 20.1. The maximum atomic E-state index is 5.57. The van der Waals surface area contributed by atoms with Crippen molar-refractivity contribution in [3.05, 3.63) is 106 Å². The van der Waals surface area contributed by atoms with Gasteiger partial charge in [-0.25, -0.2) is 9.97 Å². The second-order valence-corrected chi connectivity index (χ2v) is 18.3. The van der Waals surface area contributed by atoms with Crippen LogP contribution in [-0.4, -0.2) is 9.97 Å². The first kappa shape index (κ1) is 37.5. The Morgan fingerprint density at radius 1 is 0.623 bits per heavy atom. The SMILES string of the molecule is CCCCC(CC)Cc1c(CC(CC)CC)c2cc(C(C)(C)C)sc2c2sc(-c3ccc(C)c4nc(-c5ccccc5)c(-c5ccccc5)nc34)cc12. The summed E-state index contributed by atoms with van der Waals surface area (Å²) in [7, 11) is 0. The molecule has 53 heavy (non-hydrogen) atoms. The third kappa shape index (κ3) is 7.47. The van der Waals surface area contributed by atoms with E-state index < -0.39 is 0 Å². The molecule has 3 heterocycles. The summed E-state index contributed by atoms with van der Waals surface area (Å²) in [6.45, 7) is 18.8. The van der Waals surface area contributed by atoms with Gasteiger partial charge < -0.3 is 0 Å². The fourth-order valence-electron chi connectivity index (χ4n) is 8.02. The number of benzene rings is 4. The predicted molar refractivity (Wildman–Crippen MR) is 235 cm³/mol. The molecular weight excluding hydrogens is 681 g/mol. The Balaban J connectivity index is 1.53. The lowest BCUT2D eigenvalue weighted by atomic mass is 9.83. The summed E-state index contributed by atoms with van der Waals surface area (Å²) in [4.78, 5) is 13.8. The zero-order valence-electron chi connectivity index (χ0n) is 33.1. The van der Waals surface area contributed by atoms with Crippen molar-refractivity contribution in [3.8, 4) is 33.0 Å². The maximum absolute atomic E-state index is 5.57. The van der Waals surface area contributed by atoms with Crippen LogP contribution in [0.5, 0.6) is 0 Å². The van der Waals surface area contributed by atoms with Gasteiger partial charge in [0.1, 0.15) is 0 Å². The highest BCUT2D eigenvalue weighted by atomic mass is 32.1. The van der Waals surface area contributed by atoms with Gasteiger partial charge in [-0.3, -0.25) is 0 Å². The number of hydrogen-bond acceptors (Lipinski definition) is 4. The topological polar surface area (TPSA) is 25.8 Å². The average Bonchev–Trinajstić information content (AvgIpc) is 3.83. The molecule has 0 aliphatic rings. The molecule has 4 aromatic carbocycles. The van der Waals surface area contributed by atoms with Crippen molar-refractivity contribution in [1.29, 1.82) is 0 Å². The molecule has 0 bridgehead atoms. The number of thiophene rings is 2. The number of aryl methyl sites for hydroxylation is 1. The summed E-state index contributed by atoms with van der Waals surface area (Å²) >= 11 is 4.01. The van der Waals surface area contributed by atoms with Gasteiger partial charge in [-0.1, -0.05) is 160 Å². The lowest BCUT2D eigenvalue weighted by molar-refractivity contribution is 0.445. The lowest BCUT2D eigenvalue weighted by Gasteiger charge is -2.22. The highest BCUT2D eigenvalue weighted by Crippen LogP contribution is 2.49. The first-order valence-corrected chi connectivity index (χ1v) is 21.7. The van der Waals surface area contributed by atoms with E-state index >= 15 is 0 Å². The summed E-state index contributed by atoms with van der Waals surface area (Å²) in [6, 6.07) is 30.8. The second-order valence-electron chi connectivity index (χ2n) is 16.2. The molecule has 2 nitrogen and oxygen atoms in total. The standard InChI is InChI=1S/C49H56N2S2/c1-9-13-20-33(12-4)28-38-37(27-32(10-2)11-3)40-30-42(49(6,7)8)53-48(40)47-39(38)29-41(52-47)36-26-25-31(5)43-46(36)51-45(35-23-18-15-19-24-35)44(50-43)34-21-16-14-17-22-34/h14-19,21-26,29-30,32-33H,9-13,20,27-28H2,1-8H3. The zero-order valence-corrected chi connectivity index (χ0v) is 34.7. The van der Waals surface area contributed by atoms with Crippen LogP contribution in [0.3, 0.4) is 0 Å². The second kappa shape index (κ2) is 15.9. The van der Waals surface area contributed by atoms with Crippen LogP contribution in [0.4, 0.5) is 0 Å². The van der Waals surface area contributed by atoms with E-state index in [1.807, 2.05) is 22.7 Å². The molecule has 1 unspecified atom stereocenters. The van der Waals surface area contributed by atoms with Gasteiger partial charge in [-0.2, -0.15) is 0 Å². The number of rotatable bonds is 13. The van der Waals surface area contributed by atoms with Crippen LogP contribution >= 0.6 is 22.7 Å². The van der Waals surface area contributed by atoms with Crippen LogP contribution in [0.25, 0.3) is 64.2 Å². The first-order chi connectivity index (χ1) is 25.6. The number of aromatic nitrogens is 2. The molecule has 274 valence electrons. The van der Waals surface area contributed by atoms with E-state index in [2.05, 4.69) is 140 Å². The lowest BCUT2D eigenvalue weighted by Crippen LogP contribution is -2.10. The van der Waals surface area contributed by atoms with Crippen LogP contribution in [-0.2, 0) is 18.3 Å². The monoisotopic (exact) mass is 736 g/mol. The Morgan fingerprint density at radius 3 is 1.74 bits per heavy atom. The van der Waals surface area contributed by atoms with Gasteiger partial charge in [-0.15, -0.1) is 22.7 Å². The predicted octanol–water partition coefficient (Wildman–Crippen LogP) is 15.4. The molecule has 4 heteroatoms. The van der Waals surface area contributed by atoms with E-state index in [0.717, 1.165) is 52.0 Å². The van der Waals surface area contributed by atoms with Crippen molar-refractivity contribution < 1.29 is 0 Å². The maximum Gasteiger partial charge on any atom is 0.0984 e. The van der Waals surface area contributed by atoms with E-state index in [9.17, 15) is 0 Å². The van der Waals surface area contributed by atoms with Crippen molar-refractivity contribution in [3.63, 3.8) is 0 Å². The molecule has 7 aromatic rings. The quantitative estimate of drug-likeness (QED) is 0.118. The van der Waals surface area contributed by atoms with Crippen LogP contribution < -0.4 is 0 Å². The fraction of sp³-hybridized carbons (Fsp3) is 0.388. The van der Waals surface area contributed by atoms with E-state index in [0.29, 0.717) is 11.8 Å². The molecule has 0 radical (unpaired) electrons. The van der Waals surface area contributed by atoms with Crippen molar-refractivity contribution in [2.45, 2.75) is 112 Å². The smallest absolute Gasteiger partial charge is 0.0984 e. The van der Waals surface area contributed by atoms with Crippen molar-refractivity contribution >= 4 is 53.9 Å². The van der Waals surface area contributed by atoms with Crippen LogP contribution in [0, 0.1) is 18.8 Å². The summed E-state index contributed by atoms with van der Waals surface area (Å²) in [5, 5.41) is 2.99. The molecule has 0 aliphatic heterocycles. The average molecular weight is 737 g/mol. The van der Waals surface area contributed by atoms with Crippen LogP contribution in [0.1, 0.15) is 109 Å². The van der Waals surface area contributed by atoms with Crippen LogP contribution in [0.2, 0.25) is 0 Å². The Labute approximate surface area is 325 Å². The number of nitrogens with zero attached hydrogens (tertiary/aromatic N) is 2. The summed E-state index contributed by atoms with van der Waals surface area (Å²) < 4.78 is 2.93. The normalized spacial score (nSPS) is 12.8. The van der Waals surface area contributed by atoms with Gasteiger partial charge in [-0.05, 0) is 76.6 Å². The summed E-state index contributed by atoms with van der Waals surface area (Å²) in [5.74, 6) is 1.38. The van der Waals surface area contributed by atoms with Gasteiger partial charge in [0.25, 0.3) is 0 Å². The Kier molecular flexibility index (Phi) is 11.2. The molecule has 0 fully saturated rings. The van der Waals surface area contributed by atoms with E-state index in [4.69, 9.17) is 9.97 Å². The summed E-state index contributed by atoms with van der Waals surface area (Å²) in [6.07, 6.45) is 9.83. The zero-order chi connectivity index (χ0) is 37.3. The van der Waals surface area contributed by atoms with E-state index in [1.54, 1.807) is 11.1 Å². The molecule has 0 aliphatic carbocycles. The van der Waals surface area contributed by atoms with Gasteiger partial charge in [0.05, 0.1) is 31.8 Å². The van der Waals surface area contributed by atoms with Crippen molar-refractivity contribution in [1.82, 2.24) is 9.97 Å². The number of hydrogen-bond donors (Lipinski definition) is 0. The molecule has 0 saturated carbocycles. The Morgan fingerprint density at radius 2 is 1.17 bits per heavy atom. The van der Waals surface area contributed by atoms with Gasteiger partial charge >= 0.3 is 0 Å². The summed E-state index contributed by atoms with van der Waals surface area (Å²) in [5.41, 5.74) is 11.7. The molecule has 7 rings (SSSR count). The Bertz CT molecular complexity index is 2340. The molecular formula is C49H56N2S2. The van der Waals surface area contributed by atoms with E-state index in [1.165, 1.54) is 74.0 Å². The highest BCUT2D eigenvalue weighted by molar-refractivity contribution is 7.29. The molecule has 3 aromatic heterocycles. The minimum atomic E-state index is 0.0998. The molecule has 0 amide bonds. The van der Waals surface area contributed by atoms with Gasteiger partial charge in [0.2, 0.25) is 0 Å². The van der Waals surface area contributed by atoms with E-state index in [-0.39, 0.29) is 5.41 Å².